The van der Waals surface area contributed by atoms with Crippen LogP contribution in [0.4, 0.5) is 0 Å². The van der Waals surface area contributed by atoms with Crippen molar-refractivity contribution in [3.05, 3.63) is 113 Å². The Labute approximate surface area is 318 Å². The number of benzene rings is 4. The van der Waals surface area contributed by atoms with Crippen molar-refractivity contribution in [1.29, 1.82) is 0 Å². The largest absolute Gasteiger partial charge is 0.507 e. The second kappa shape index (κ2) is 12.9. The average Bonchev–Trinajstić information content (AvgIpc) is 3.47. The third kappa shape index (κ3) is 5.88. The first-order valence-electron chi connectivity index (χ1n) is 18.0. The van der Waals surface area contributed by atoms with Gasteiger partial charge in [0.15, 0.2) is 0 Å². The summed E-state index contributed by atoms with van der Waals surface area (Å²) < 4.78 is 2.34. The van der Waals surface area contributed by atoms with Crippen LogP contribution in [-0.2, 0) is 37.4 Å². The van der Waals surface area contributed by atoms with E-state index in [-0.39, 0.29) is 43.2 Å². The molecule has 0 aliphatic carbocycles. The van der Waals surface area contributed by atoms with Crippen LogP contribution in [0.5, 0.6) is 5.75 Å². The molecule has 0 fully saturated rings. The molecule has 0 atom stereocenters. The van der Waals surface area contributed by atoms with Crippen molar-refractivity contribution >= 4 is 11.0 Å². The Balaban J connectivity index is 0.00000448. The Morgan fingerprint density at radius 2 is 1.39 bits per heavy atom. The molecule has 4 nitrogen and oxygen atoms in total. The van der Waals surface area contributed by atoms with E-state index in [0.717, 1.165) is 50.4 Å². The van der Waals surface area contributed by atoms with Crippen molar-refractivity contribution in [2.24, 2.45) is 0 Å². The number of fused-ring (bicyclic) bond motifs is 5. The predicted molar refractivity (Wildman–Crippen MR) is 209 cm³/mol. The van der Waals surface area contributed by atoms with Gasteiger partial charge in [-0.3, -0.25) is 4.98 Å². The standard InChI is InChI=1S/C46H50N3O.Pt/c1-27(2)33-15-12-16-34(28(3)4)40(33)29-21-22-47-37(26-29)31-23-30(24-32(25-31)44(5,6)7)35-17-13-19-38-42(35)48-43-41-36(18-14-20-39(41)50)45(8,9)46(10,11)49(38)43;/h12-22,24-28,50H,1-11H3;/q-1;. The van der Waals surface area contributed by atoms with Crippen LogP contribution in [0.1, 0.15) is 110 Å². The maximum Gasteiger partial charge on any atom is 0.144 e. The van der Waals surface area contributed by atoms with Gasteiger partial charge < -0.3 is 9.67 Å². The normalized spacial score (nSPS) is 14.8. The molecule has 2 aromatic heterocycles. The van der Waals surface area contributed by atoms with Gasteiger partial charge in [-0.2, -0.15) is 0 Å². The molecule has 4 aromatic carbocycles. The molecular weight excluding hydrogens is 806 g/mol. The molecule has 7 rings (SSSR count). The molecule has 0 saturated carbocycles. The van der Waals surface area contributed by atoms with Gasteiger partial charge in [0.2, 0.25) is 0 Å². The minimum Gasteiger partial charge on any atom is -0.507 e. The van der Waals surface area contributed by atoms with E-state index in [2.05, 4.69) is 154 Å². The molecule has 3 heterocycles. The number of hydrogen-bond acceptors (Lipinski definition) is 3. The van der Waals surface area contributed by atoms with E-state index in [1.807, 2.05) is 12.3 Å². The quantitative estimate of drug-likeness (QED) is 0.176. The fourth-order valence-electron chi connectivity index (χ4n) is 7.86. The topological polar surface area (TPSA) is 50.9 Å². The van der Waals surface area contributed by atoms with E-state index in [1.165, 1.54) is 27.8 Å². The molecule has 0 bridgehead atoms. The summed E-state index contributed by atoms with van der Waals surface area (Å²) in [6.45, 7) is 25.0. The van der Waals surface area contributed by atoms with Gasteiger partial charge in [0.05, 0.1) is 22.1 Å². The van der Waals surface area contributed by atoms with Crippen molar-refractivity contribution in [1.82, 2.24) is 14.5 Å². The third-order valence-corrected chi connectivity index (χ3v) is 11.4. The molecule has 266 valence electrons. The summed E-state index contributed by atoms with van der Waals surface area (Å²) >= 11 is 0. The van der Waals surface area contributed by atoms with Crippen LogP contribution >= 0.6 is 0 Å². The SMILES string of the molecule is CC(C)c1cccc(C(C)C)c1-c1ccnc(-c2[c-]c(-c3cccc4c3nc3n4C(C)(C)C(C)(C)c4cccc(O)c4-3)cc(C(C)(C)C)c2)c1.[Pt]. The minimum absolute atomic E-state index is 0. The third-order valence-electron chi connectivity index (χ3n) is 11.4. The number of para-hydroxylation sites is 1. The summed E-state index contributed by atoms with van der Waals surface area (Å²) in [6, 6.07) is 31.8. The van der Waals surface area contributed by atoms with Gasteiger partial charge in [-0.25, -0.2) is 4.98 Å². The van der Waals surface area contributed by atoms with Crippen LogP contribution in [0.3, 0.4) is 0 Å². The summed E-state index contributed by atoms with van der Waals surface area (Å²) in [4.78, 5) is 10.3. The van der Waals surface area contributed by atoms with Crippen LogP contribution in [0.2, 0.25) is 0 Å². The molecule has 0 unspecified atom stereocenters. The first-order valence-corrected chi connectivity index (χ1v) is 18.0. The molecule has 0 saturated heterocycles. The molecule has 51 heavy (non-hydrogen) atoms. The summed E-state index contributed by atoms with van der Waals surface area (Å²) in [5, 5.41) is 11.2. The van der Waals surface area contributed by atoms with Crippen molar-refractivity contribution in [3.63, 3.8) is 0 Å². The number of aromatic hydroxyl groups is 1. The number of pyridine rings is 1. The summed E-state index contributed by atoms with van der Waals surface area (Å²) in [7, 11) is 0. The molecule has 6 aromatic rings. The van der Waals surface area contributed by atoms with E-state index < -0.39 is 0 Å². The van der Waals surface area contributed by atoms with Crippen LogP contribution in [0.15, 0.2) is 85.1 Å². The number of phenols is 1. The van der Waals surface area contributed by atoms with Crippen molar-refractivity contribution < 1.29 is 26.2 Å². The van der Waals surface area contributed by atoms with Crippen LogP contribution in [-0.4, -0.2) is 19.6 Å². The molecule has 1 aliphatic rings. The molecule has 1 aliphatic heterocycles. The van der Waals surface area contributed by atoms with Crippen molar-refractivity contribution in [2.75, 3.05) is 0 Å². The Hall–Kier alpha value is -4.01. The monoisotopic (exact) mass is 855 g/mol. The summed E-state index contributed by atoms with van der Waals surface area (Å²) in [6.07, 6.45) is 1.95. The average molecular weight is 856 g/mol. The number of rotatable bonds is 5. The Morgan fingerprint density at radius 1 is 0.765 bits per heavy atom. The van der Waals surface area contributed by atoms with E-state index in [1.54, 1.807) is 6.07 Å². The fraction of sp³-hybridized carbons (Fsp3) is 0.348. The van der Waals surface area contributed by atoms with Gasteiger partial charge in [-0.05, 0) is 77.1 Å². The van der Waals surface area contributed by atoms with Gasteiger partial charge >= 0.3 is 0 Å². The number of nitrogens with zero attached hydrogens (tertiary/aromatic N) is 3. The van der Waals surface area contributed by atoms with Gasteiger partial charge in [-0.1, -0.05) is 122 Å². The number of imidazole rings is 1. The molecule has 0 amide bonds. The molecule has 5 heteroatoms. The number of aromatic nitrogens is 3. The molecule has 0 spiro atoms. The first-order chi connectivity index (χ1) is 23.5. The van der Waals surface area contributed by atoms with Crippen LogP contribution in [0.25, 0.3) is 55.9 Å². The molecule has 1 N–H and O–H groups in total. The second-order valence-electron chi connectivity index (χ2n) is 16.8. The van der Waals surface area contributed by atoms with Crippen molar-refractivity contribution in [2.45, 2.75) is 104 Å². The van der Waals surface area contributed by atoms with Crippen LogP contribution < -0.4 is 0 Å². The predicted octanol–water partition coefficient (Wildman–Crippen LogP) is 12.2. The van der Waals surface area contributed by atoms with Crippen molar-refractivity contribution in [3.8, 4) is 50.6 Å². The first kappa shape index (κ1) is 36.8. The summed E-state index contributed by atoms with van der Waals surface area (Å²) in [5.41, 5.74) is 13.5. The maximum atomic E-state index is 11.2. The second-order valence-corrected chi connectivity index (χ2v) is 16.8. The zero-order valence-electron chi connectivity index (χ0n) is 31.8. The fourth-order valence-corrected chi connectivity index (χ4v) is 7.86. The number of hydrogen-bond donors (Lipinski definition) is 1. The van der Waals surface area contributed by atoms with E-state index in [0.29, 0.717) is 11.8 Å². The Morgan fingerprint density at radius 3 is 2.04 bits per heavy atom. The Kier molecular flexibility index (Phi) is 9.29. The molecule has 0 radical (unpaired) electrons. The minimum atomic E-state index is -0.315. The van der Waals surface area contributed by atoms with E-state index in [9.17, 15) is 5.11 Å². The van der Waals surface area contributed by atoms with Gasteiger partial charge in [0.1, 0.15) is 11.6 Å². The summed E-state index contributed by atoms with van der Waals surface area (Å²) in [5.74, 6) is 1.86. The van der Waals surface area contributed by atoms with Crippen LogP contribution in [0, 0.1) is 6.07 Å². The van der Waals surface area contributed by atoms with Gasteiger partial charge in [0.25, 0.3) is 0 Å². The van der Waals surface area contributed by atoms with Gasteiger partial charge in [0, 0.05) is 38.4 Å². The maximum absolute atomic E-state index is 11.2. The zero-order chi connectivity index (χ0) is 35.9. The Bertz CT molecular complexity index is 2260. The van der Waals surface area contributed by atoms with Gasteiger partial charge in [-0.15, -0.1) is 29.3 Å². The van der Waals surface area contributed by atoms with E-state index in [4.69, 9.17) is 9.97 Å². The smallest absolute Gasteiger partial charge is 0.144 e. The molecular formula is C46H50N3OPt-. The number of phenolic OH excluding ortho intramolecular Hbond substituents is 1. The van der Waals surface area contributed by atoms with E-state index >= 15 is 0 Å². The zero-order valence-corrected chi connectivity index (χ0v) is 34.1.